The summed E-state index contributed by atoms with van der Waals surface area (Å²) in [6.07, 6.45) is -2.77. The molecule has 43 heavy (non-hydrogen) atoms. The summed E-state index contributed by atoms with van der Waals surface area (Å²) in [7, 11) is 0. The van der Waals surface area contributed by atoms with Gasteiger partial charge in [-0.15, -0.1) is 0 Å². The highest BCUT2D eigenvalue weighted by atomic mass is 19.4. The summed E-state index contributed by atoms with van der Waals surface area (Å²) in [5, 5.41) is 19.6. The molecule has 0 aliphatic carbocycles. The van der Waals surface area contributed by atoms with Crippen molar-refractivity contribution in [3.05, 3.63) is 113 Å². The Morgan fingerprint density at radius 1 is 1.07 bits per heavy atom. The number of carbonyl (C=O) groups is 2. The molecule has 0 unspecified atom stereocenters. The second kappa shape index (κ2) is 11.6. The van der Waals surface area contributed by atoms with Crippen LogP contribution < -0.4 is 15.5 Å². The summed E-state index contributed by atoms with van der Waals surface area (Å²) in [6.45, 7) is 3.62. The van der Waals surface area contributed by atoms with E-state index in [2.05, 4.69) is 10.6 Å². The number of halogens is 4. The van der Waals surface area contributed by atoms with Crippen molar-refractivity contribution in [1.82, 2.24) is 20.4 Å². The zero-order valence-electron chi connectivity index (χ0n) is 23.1. The number of nitrogens with zero attached hydrogens (tertiary/aromatic N) is 4. The van der Waals surface area contributed by atoms with Gasteiger partial charge in [-0.05, 0) is 61.9 Å². The van der Waals surface area contributed by atoms with Gasteiger partial charge in [0.1, 0.15) is 17.7 Å². The molecule has 0 radical (unpaired) electrons. The molecule has 1 aliphatic rings. The van der Waals surface area contributed by atoms with Crippen molar-refractivity contribution in [3.8, 4) is 11.9 Å². The number of carbonyl (C=O) groups excluding carboxylic acids is 2. The molecule has 12 heteroatoms. The van der Waals surface area contributed by atoms with Gasteiger partial charge in [0.25, 0.3) is 11.8 Å². The van der Waals surface area contributed by atoms with Gasteiger partial charge < -0.3 is 10.6 Å². The molecule has 0 fully saturated rings. The number of hydrogen-bond acceptors (Lipinski definition) is 5. The number of fused-ring (bicyclic) bond motifs is 1. The number of nitrogens with one attached hydrogen (secondary N) is 2. The van der Waals surface area contributed by atoms with Crippen molar-refractivity contribution in [2.45, 2.75) is 38.0 Å². The molecule has 4 aromatic rings. The minimum absolute atomic E-state index is 0.163. The van der Waals surface area contributed by atoms with E-state index >= 15 is 0 Å². The fraction of sp³-hybridized carbons (Fsp3) is 0.226. The number of benzene rings is 3. The first-order valence-electron chi connectivity index (χ1n) is 13.4. The fourth-order valence-corrected chi connectivity index (χ4v) is 5.35. The highest BCUT2D eigenvalue weighted by molar-refractivity contribution is 6.05. The van der Waals surface area contributed by atoms with E-state index in [4.69, 9.17) is 5.10 Å². The lowest BCUT2D eigenvalue weighted by atomic mass is 9.80. The molecule has 0 saturated carbocycles. The molecule has 1 aliphatic heterocycles. The van der Waals surface area contributed by atoms with Gasteiger partial charge >= 0.3 is 6.18 Å². The number of alkyl halides is 3. The van der Waals surface area contributed by atoms with Crippen LogP contribution in [0.15, 0.2) is 78.9 Å². The summed E-state index contributed by atoms with van der Waals surface area (Å²) in [5.74, 6) is -2.48. The summed E-state index contributed by atoms with van der Waals surface area (Å²) in [4.78, 5) is 29.1. The largest absolute Gasteiger partial charge is 0.416 e. The first-order chi connectivity index (χ1) is 20.5. The molecular formula is C31H26F4N6O2. The number of amides is 2. The van der Waals surface area contributed by atoms with E-state index in [0.717, 1.165) is 18.2 Å². The van der Waals surface area contributed by atoms with Gasteiger partial charge in [-0.3, -0.25) is 14.5 Å². The standard InChI is InChI=1S/C31H26F4N6O2/c1-3-40-29-25(26(18(2)37-17-36)39-41(29)23-10-5-4-6-11-23)24(19-12-14-22(32)15-13-19)27(30(40)43)38-28(42)20-8-7-9-21(16-20)31(33,34)35/h4-16,18,24,27,37H,3H2,1-2H3,(H,38,42)/t18-,24-,27-/m0/s1. The van der Waals surface area contributed by atoms with Crippen LogP contribution in [0.5, 0.6) is 0 Å². The molecule has 2 N–H and O–H groups in total. The highest BCUT2D eigenvalue weighted by Gasteiger charge is 2.47. The van der Waals surface area contributed by atoms with Crippen LogP contribution in [0.3, 0.4) is 0 Å². The van der Waals surface area contributed by atoms with Crippen LogP contribution >= 0.6 is 0 Å². The maximum Gasteiger partial charge on any atom is 0.416 e. The van der Waals surface area contributed by atoms with Gasteiger partial charge in [0.2, 0.25) is 0 Å². The lowest BCUT2D eigenvalue weighted by molar-refractivity contribution is -0.137. The minimum atomic E-state index is -4.67. The van der Waals surface area contributed by atoms with Gasteiger partial charge in [0, 0.05) is 23.6 Å². The van der Waals surface area contributed by atoms with Crippen molar-refractivity contribution in [2.75, 3.05) is 11.4 Å². The lowest BCUT2D eigenvalue weighted by Gasteiger charge is -2.38. The molecule has 0 bridgehead atoms. The lowest BCUT2D eigenvalue weighted by Crippen LogP contribution is -2.55. The minimum Gasteiger partial charge on any atom is -0.339 e. The Labute approximate surface area is 244 Å². The summed E-state index contributed by atoms with van der Waals surface area (Å²) >= 11 is 0. The molecular weight excluding hydrogens is 564 g/mol. The van der Waals surface area contributed by atoms with Gasteiger partial charge in [-0.1, -0.05) is 36.4 Å². The van der Waals surface area contributed by atoms with Crippen LogP contribution in [0.4, 0.5) is 23.4 Å². The Bertz CT molecular complexity index is 1700. The van der Waals surface area contributed by atoms with Crippen LogP contribution in [0, 0.1) is 17.3 Å². The Morgan fingerprint density at radius 2 is 1.77 bits per heavy atom. The Kier molecular flexibility index (Phi) is 7.91. The van der Waals surface area contributed by atoms with Crippen LogP contribution in [0.25, 0.3) is 5.69 Å². The van der Waals surface area contributed by atoms with E-state index in [1.54, 1.807) is 42.8 Å². The molecule has 2 heterocycles. The quantitative estimate of drug-likeness (QED) is 0.169. The monoisotopic (exact) mass is 590 g/mol. The molecule has 0 spiro atoms. The normalized spacial score (nSPS) is 17.1. The van der Waals surface area contributed by atoms with Crippen LogP contribution in [0.2, 0.25) is 0 Å². The molecule has 8 nitrogen and oxygen atoms in total. The number of anilines is 1. The maximum absolute atomic E-state index is 14.2. The van der Waals surface area contributed by atoms with Crippen molar-refractivity contribution in [3.63, 3.8) is 0 Å². The fourth-order valence-electron chi connectivity index (χ4n) is 5.35. The Morgan fingerprint density at radius 3 is 2.40 bits per heavy atom. The van der Waals surface area contributed by atoms with Crippen LogP contribution in [-0.2, 0) is 11.0 Å². The van der Waals surface area contributed by atoms with Crippen molar-refractivity contribution in [1.29, 1.82) is 5.26 Å². The summed E-state index contributed by atoms with van der Waals surface area (Å²) < 4.78 is 55.8. The maximum atomic E-state index is 14.2. The number of likely N-dealkylation sites (N-methyl/N-ethyl adjacent to an activating group) is 1. The number of nitriles is 1. The second-order valence-electron chi connectivity index (χ2n) is 9.99. The molecule has 2 amide bonds. The molecule has 220 valence electrons. The number of rotatable bonds is 7. The van der Waals surface area contributed by atoms with E-state index in [1.165, 1.54) is 35.2 Å². The average molecular weight is 591 g/mol. The van der Waals surface area contributed by atoms with E-state index in [9.17, 15) is 32.4 Å². The third-order valence-electron chi connectivity index (χ3n) is 7.33. The Balaban J connectivity index is 1.72. The first-order valence-corrected chi connectivity index (χ1v) is 13.4. The molecule has 0 saturated heterocycles. The predicted molar refractivity (Wildman–Crippen MR) is 150 cm³/mol. The van der Waals surface area contributed by atoms with Crippen molar-refractivity contribution in [2.24, 2.45) is 0 Å². The van der Waals surface area contributed by atoms with Crippen molar-refractivity contribution < 1.29 is 27.2 Å². The zero-order chi connectivity index (χ0) is 30.9. The van der Waals surface area contributed by atoms with Crippen LogP contribution in [-0.4, -0.2) is 34.2 Å². The SMILES string of the molecule is CCN1C(=O)[C@@H](NC(=O)c2cccc(C(F)(F)F)c2)[C@@H](c2ccc(F)cc2)c2c([C@H](C)NC#N)nn(-c3ccccc3)c21. The van der Waals surface area contributed by atoms with Crippen molar-refractivity contribution >= 4 is 17.6 Å². The molecule has 3 aromatic carbocycles. The average Bonchev–Trinajstić information content (AvgIpc) is 3.38. The summed E-state index contributed by atoms with van der Waals surface area (Å²) in [6, 6.07) is 16.4. The van der Waals surface area contributed by atoms with Gasteiger partial charge in [0.15, 0.2) is 6.19 Å². The Hall–Kier alpha value is -5.18. The second-order valence-corrected chi connectivity index (χ2v) is 9.99. The first kappa shape index (κ1) is 29.3. The number of hydrogen-bond donors (Lipinski definition) is 2. The predicted octanol–water partition coefficient (Wildman–Crippen LogP) is 5.46. The zero-order valence-corrected chi connectivity index (χ0v) is 23.1. The van der Waals surface area contributed by atoms with E-state index in [-0.39, 0.29) is 12.1 Å². The van der Waals surface area contributed by atoms with E-state index in [1.807, 2.05) is 12.3 Å². The van der Waals surface area contributed by atoms with Gasteiger partial charge in [-0.25, -0.2) is 9.07 Å². The van der Waals surface area contributed by atoms with E-state index in [0.29, 0.717) is 28.3 Å². The number of para-hydroxylation sites is 1. The smallest absolute Gasteiger partial charge is 0.339 e. The molecule has 3 atom stereocenters. The third-order valence-corrected chi connectivity index (χ3v) is 7.33. The molecule has 1 aromatic heterocycles. The van der Waals surface area contributed by atoms with Crippen LogP contribution in [0.1, 0.15) is 58.5 Å². The highest BCUT2D eigenvalue weighted by Crippen LogP contribution is 2.45. The number of aromatic nitrogens is 2. The third kappa shape index (κ3) is 5.53. The molecule has 5 rings (SSSR count). The summed E-state index contributed by atoms with van der Waals surface area (Å²) in [5.41, 5.74) is 0.698. The topological polar surface area (TPSA) is 103 Å². The van der Waals surface area contributed by atoms with Gasteiger partial charge in [-0.2, -0.15) is 23.5 Å². The van der Waals surface area contributed by atoms with Gasteiger partial charge in [0.05, 0.1) is 23.0 Å². The van der Waals surface area contributed by atoms with E-state index < -0.39 is 47.4 Å².